The molecule has 0 spiro atoms. The van der Waals surface area contributed by atoms with E-state index in [1.54, 1.807) is 0 Å². The van der Waals surface area contributed by atoms with Crippen molar-refractivity contribution in [1.29, 1.82) is 0 Å². The highest BCUT2D eigenvalue weighted by Gasteiger charge is 2.28. The molecule has 0 N–H and O–H groups in total. The van der Waals surface area contributed by atoms with Gasteiger partial charge >= 0.3 is 5.97 Å². The van der Waals surface area contributed by atoms with Crippen molar-refractivity contribution in [3.05, 3.63) is 35.4 Å². The van der Waals surface area contributed by atoms with Gasteiger partial charge in [0, 0.05) is 13.1 Å². The number of ether oxygens (including phenoxy) is 1. The molecule has 0 aromatic heterocycles. The number of hydrogen-bond acceptors (Lipinski definition) is 3. The number of piperidine rings is 1. The van der Waals surface area contributed by atoms with Gasteiger partial charge in [0.1, 0.15) is 0 Å². The van der Waals surface area contributed by atoms with E-state index >= 15 is 0 Å². The van der Waals surface area contributed by atoms with Gasteiger partial charge in [-0.3, -0.25) is 9.69 Å². The second kappa shape index (κ2) is 7.10. The van der Waals surface area contributed by atoms with Crippen LogP contribution in [0.1, 0.15) is 30.9 Å². The molecule has 21 heavy (non-hydrogen) atoms. The summed E-state index contributed by atoms with van der Waals surface area (Å²) in [5, 5.41) is 0. The minimum absolute atomic E-state index is 0. The fourth-order valence-electron chi connectivity index (χ4n) is 3.13. The lowest BCUT2D eigenvalue weighted by Crippen LogP contribution is -2.40. The zero-order valence-corrected chi connectivity index (χ0v) is 13.2. The second-order valence-corrected chi connectivity index (χ2v) is 5.58. The molecular weight excluding hydrogens is 286 g/mol. The number of carbonyl (C=O) groups excluding carboxylic acids is 1. The Bertz CT molecular complexity index is 541. The van der Waals surface area contributed by atoms with Crippen molar-refractivity contribution >= 4 is 30.0 Å². The number of nitrogens with zero attached hydrogens (tertiary/aromatic N) is 1. The fourth-order valence-corrected chi connectivity index (χ4v) is 3.13. The number of carbonyl (C=O) groups is 1. The van der Waals surface area contributed by atoms with Gasteiger partial charge in [-0.2, -0.15) is 0 Å². The molecule has 1 aliphatic heterocycles. The van der Waals surface area contributed by atoms with Crippen molar-refractivity contribution in [2.75, 3.05) is 26.2 Å². The molecule has 1 atom stereocenters. The molecule has 2 aliphatic rings. The maximum absolute atomic E-state index is 11.8. The first kappa shape index (κ1) is 16.1. The van der Waals surface area contributed by atoms with E-state index < -0.39 is 0 Å². The predicted molar refractivity (Wildman–Crippen MR) is 87.4 cm³/mol. The summed E-state index contributed by atoms with van der Waals surface area (Å²) in [7, 11) is 0. The van der Waals surface area contributed by atoms with E-state index in [-0.39, 0.29) is 24.3 Å². The Kier molecular flexibility index (Phi) is 5.43. The van der Waals surface area contributed by atoms with E-state index in [1.165, 1.54) is 16.7 Å². The Morgan fingerprint density at radius 2 is 2.19 bits per heavy atom. The zero-order valence-electron chi connectivity index (χ0n) is 12.4. The van der Waals surface area contributed by atoms with Crippen molar-refractivity contribution in [2.24, 2.45) is 5.92 Å². The molecule has 0 bridgehead atoms. The molecule has 0 radical (unpaired) electrons. The highest BCUT2D eigenvalue weighted by molar-refractivity contribution is 5.96. The van der Waals surface area contributed by atoms with Crippen LogP contribution in [-0.2, 0) is 9.53 Å². The van der Waals surface area contributed by atoms with Gasteiger partial charge in [0.2, 0.25) is 0 Å². The van der Waals surface area contributed by atoms with Crippen molar-refractivity contribution in [3.63, 3.8) is 0 Å². The lowest BCUT2D eigenvalue weighted by atomic mass is 9.87. The van der Waals surface area contributed by atoms with E-state index in [4.69, 9.17) is 4.74 Å². The second-order valence-electron chi connectivity index (χ2n) is 5.58. The predicted octanol–water partition coefficient (Wildman–Crippen LogP) is 3.24. The van der Waals surface area contributed by atoms with E-state index in [0.29, 0.717) is 6.61 Å². The van der Waals surface area contributed by atoms with Crippen molar-refractivity contribution in [3.8, 4) is 0 Å². The molecule has 1 fully saturated rings. The zero-order chi connectivity index (χ0) is 13.9. The average Bonchev–Trinajstić information content (AvgIpc) is 2.45. The van der Waals surface area contributed by atoms with Crippen LogP contribution in [0.5, 0.6) is 0 Å². The summed E-state index contributed by atoms with van der Waals surface area (Å²) < 4.78 is 5.15. The van der Waals surface area contributed by atoms with Crippen molar-refractivity contribution in [2.45, 2.75) is 19.8 Å². The first-order valence-electron chi connectivity index (χ1n) is 7.47. The third-order valence-electron chi connectivity index (χ3n) is 4.16. The molecule has 3 nitrogen and oxygen atoms in total. The molecule has 1 heterocycles. The van der Waals surface area contributed by atoms with E-state index in [9.17, 15) is 4.79 Å². The summed E-state index contributed by atoms with van der Waals surface area (Å²) in [6.45, 7) is 5.21. The molecule has 114 valence electrons. The van der Waals surface area contributed by atoms with Crippen LogP contribution in [0, 0.1) is 5.92 Å². The van der Waals surface area contributed by atoms with Crippen LogP contribution >= 0.6 is 12.4 Å². The van der Waals surface area contributed by atoms with Gasteiger partial charge in [0.05, 0.1) is 12.5 Å². The molecule has 1 saturated heterocycles. The monoisotopic (exact) mass is 307 g/mol. The number of rotatable bonds is 4. The molecule has 0 saturated carbocycles. The van der Waals surface area contributed by atoms with Gasteiger partial charge in [-0.1, -0.05) is 24.3 Å². The number of hydrogen-bond donors (Lipinski definition) is 0. The summed E-state index contributed by atoms with van der Waals surface area (Å²) in [5.74, 6) is 0.0276. The fraction of sp³-hybridized carbons (Fsp3) is 0.471. The molecule has 1 aliphatic carbocycles. The summed E-state index contributed by atoms with van der Waals surface area (Å²) >= 11 is 0. The number of fused-ring (bicyclic) bond motifs is 1. The Balaban J connectivity index is 0.00000161. The van der Waals surface area contributed by atoms with Crippen LogP contribution in [0.4, 0.5) is 0 Å². The lowest BCUT2D eigenvalue weighted by molar-refractivity contribution is -0.149. The number of halogens is 1. The van der Waals surface area contributed by atoms with Crippen LogP contribution < -0.4 is 0 Å². The van der Waals surface area contributed by atoms with Gasteiger partial charge in [-0.15, -0.1) is 12.4 Å². The smallest absolute Gasteiger partial charge is 0.310 e. The highest BCUT2D eigenvalue weighted by atomic mass is 35.5. The maximum Gasteiger partial charge on any atom is 0.310 e. The van der Waals surface area contributed by atoms with Crippen LogP contribution in [0.3, 0.4) is 0 Å². The third kappa shape index (κ3) is 3.47. The van der Waals surface area contributed by atoms with E-state index in [0.717, 1.165) is 32.5 Å². The van der Waals surface area contributed by atoms with Crippen LogP contribution in [0.2, 0.25) is 0 Å². The summed E-state index contributed by atoms with van der Waals surface area (Å²) in [6.07, 6.45) is 4.30. The molecule has 1 aromatic carbocycles. The lowest BCUT2D eigenvalue weighted by Gasteiger charge is -2.33. The van der Waals surface area contributed by atoms with E-state index in [1.807, 2.05) is 6.92 Å². The molecule has 4 heteroatoms. The van der Waals surface area contributed by atoms with Gasteiger partial charge in [0.15, 0.2) is 0 Å². The number of esters is 1. The van der Waals surface area contributed by atoms with Gasteiger partial charge in [-0.25, -0.2) is 0 Å². The minimum Gasteiger partial charge on any atom is -0.466 e. The molecular formula is C17H22ClNO2. The largest absolute Gasteiger partial charge is 0.466 e. The maximum atomic E-state index is 11.8. The molecule has 3 rings (SSSR count). The Labute approximate surface area is 132 Å². The SMILES string of the molecule is CCOC(=O)C1CCCN(CC2=Cc3ccccc32)C1.Cl. The van der Waals surface area contributed by atoms with Gasteiger partial charge < -0.3 is 4.74 Å². The normalized spacial score (nSPS) is 20.6. The third-order valence-corrected chi connectivity index (χ3v) is 4.16. The Hall–Kier alpha value is -1.32. The topological polar surface area (TPSA) is 29.5 Å². The minimum atomic E-state index is -0.0276. The Morgan fingerprint density at radius 1 is 1.38 bits per heavy atom. The van der Waals surface area contributed by atoms with Gasteiger partial charge in [-0.05, 0) is 49.1 Å². The van der Waals surface area contributed by atoms with Crippen molar-refractivity contribution < 1.29 is 9.53 Å². The molecule has 1 unspecified atom stereocenters. The average molecular weight is 308 g/mol. The molecule has 0 amide bonds. The molecule has 1 aromatic rings. The summed E-state index contributed by atoms with van der Waals surface area (Å²) in [6, 6.07) is 8.49. The van der Waals surface area contributed by atoms with Crippen LogP contribution in [-0.4, -0.2) is 37.1 Å². The van der Waals surface area contributed by atoms with Crippen LogP contribution in [0.15, 0.2) is 24.3 Å². The van der Waals surface area contributed by atoms with E-state index in [2.05, 4.69) is 35.2 Å². The van der Waals surface area contributed by atoms with Crippen LogP contribution in [0.25, 0.3) is 11.6 Å². The quantitative estimate of drug-likeness (QED) is 0.800. The highest BCUT2D eigenvalue weighted by Crippen LogP contribution is 2.33. The first-order valence-corrected chi connectivity index (χ1v) is 7.47. The van der Waals surface area contributed by atoms with Gasteiger partial charge in [0.25, 0.3) is 0 Å². The Morgan fingerprint density at radius 3 is 2.95 bits per heavy atom. The standard InChI is InChI=1S/C17H21NO2.ClH/c1-2-20-17(19)14-7-5-9-18(11-14)12-15-10-13-6-3-4-8-16(13)15;/h3-4,6,8,10,14H,2,5,7,9,11-12H2,1H3;1H. The number of likely N-dealkylation sites (tertiary alicyclic amines) is 1. The number of benzene rings is 1. The first-order chi connectivity index (χ1) is 9.78. The van der Waals surface area contributed by atoms with Crippen molar-refractivity contribution in [1.82, 2.24) is 4.90 Å². The summed E-state index contributed by atoms with van der Waals surface area (Å²) in [5.41, 5.74) is 4.09. The summed E-state index contributed by atoms with van der Waals surface area (Å²) in [4.78, 5) is 14.2.